The van der Waals surface area contributed by atoms with Crippen LogP contribution in [-0.4, -0.2) is 53.2 Å². The van der Waals surface area contributed by atoms with E-state index in [2.05, 4.69) is 11.4 Å². The van der Waals surface area contributed by atoms with Crippen LogP contribution in [0.3, 0.4) is 0 Å². The minimum Gasteiger partial charge on any atom is -0.341 e. The summed E-state index contributed by atoms with van der Waals surface area (Å²) in [5.41, 5.74) is 3.20. The van der Waals surface area contributed by atoms with Gasteiger partial charge in [0.25, 0.3) is 0 Å². The predicted octanol–water partition coefficient (Wildman–Crippen LogP) is 2.88. The highest BCUT2D eigenvalue weighted by Gasteiger charge is 2.59. The third-order valence-corrected chi connectivity index (χ3v) is 7.01. The van der Waals surface area contributed by atoms with Gasteiger partial charge in [-0.15, -0.1) is 0 Å². The van der Waals surface area contributed by atoms with Crippen molar-refractivity contribution in [1.29, 1.82) is 0 Å². The Morgan fingerprint density at radius 2 is 1.69 bits per heavy atom. The molecular weight excluding hydrogens is 366 g/mol. The normalized spacial score (nSPS) is 25.2. The molecular formula is C23H31N3O3. The molecule has 1 unspecified atom stereocenters. The number of likely N-dealkylation sites (tertiary alicyclic amines) is 2. The molecule has 0 aromatic heterocycles. The summed E-state index contributed by atoms with van der Waals surface area (Å²) in [5, 5.41) is 3.09. The molecule has 3 amide bonds. The van der Waals surface area contributed by atoms with E-state index in [0.29, 0.717) is 19.6 Å². The van der Waals surface area contributed by atoms with Crippen molar-refractivity contribution in [2.45, 2.75) is 58.9 Å². The van der Waals surface area contributed by atoms with Crippen molar-refractivity contribution in [1.82, 2.24) is 9.80 Å². The molecule has 3 fully saturated rings. The molecule has 156 valence electrons. The summed E-state index contributed by atoms with van der Waals surface area (Å²) in [6, 6.07) is 5.82. The van der Waals surface area contributed by atoms with Gasteiger partial charge in [0.2, 0.25) is 17.7 Å². The number of amides is 3. The number of rotatable bonds is 3. The van der Waals surface area contributed by atoms with E-state index in [1.54, 1.807) is 11.8 Å². The van der Waals surface area contributed by atoms with Gasteiger partial charge in [-0.25, -0.2) is 0 Å². The van der Waals surface area contributed by atoms with Gasteiger partial charge < -0.3 is 15.1 Å². The first-order valence-electron chi connectivity index (χ1n) is 10.7. The Balaban J connectivity index is 1.32. The van der Waals surface area contributed by atoms with Crippen molar-refractivity contribution < 1.29 is 14.4 Å². The van der Waals surface area contributed by atoms with Gasteiger partial charge in [-0.05, 0) is 74.6 Å². The molecule has 1 aromatic rings. The molecule has 0 bridgehead atoms. The second kappa shape index (κ2) is 7.47. The van der Waals surface area contributed by atoms with E-state index >= 15 is 0 Å². The van der Waals surface area contributed by atoms with E-state index in [0.717, 1.165) is 48.9 Å². The maximum atomic E-state index is 12.9. The van der Waals surface area contributed by atoms with Crippen LogP contribution in [0, 0.1) is 25.2 Å². The van der Waals surface area contributed by atoms with E-state index in [1.165, 1.54) is 0 Å². The highest BCUT2D eigenvalue weighted by Crippen LogP contribution is 2.59. The smallest absolute Gasteiger partial charge is 0.245 e. The zero-order valence-electron chi connectivity index (χ0n) is 17.7. The zero-order chi connectivity index (χ0) is 20.8. The molecule has 29 heavy (non-hydrogen) atoms. The summed E-state index contributed by atoms with van der Waals surface area (Å²) in [6.45, 7) is 7.67. The van der Waals surface area contributed by atoms with E-state index in [4.69, 9.17) is 0 Å². The van der Waals surface area contributed by atoms with Crippen LogP contribution in [0.2, 0.25) is 0 Å². The van der Waals surface area contributed by atoms with Crippen LogP contribution in [0.15, 0.2) is 18.2 Å². The first-order valence-corrected chi connectivity index (χ1v) is 10.7. The standard InChI is InChI=1S/C23H31N3O3/c1-15-11-16(2)13-18(12-15)24-21(28)19-14-23(19)6-9-25(10-7-23)22(29)20-5-4-8-26(20)17(3)27/h11-13,19-20H,4-10,14H2,1-3H3,(H,24,28)/t19?,20-/m0/s1. The largest absolute Gasteiger partial charge is 0.341 e. The summed E-state index contributed by atoms with van der Waals surface area (Å²) >= 11 is 0. The van der Waals surface area contributed by atoms with E-state index in [1.807, 2.05) is 30.9 Å². The highest BCUT2D eigenvalue weighted by molar-refractivity contribution is 5.95. The number of anilines is 1. The van der Waals surface area contributed by atoms with Crippen LogP contribution in [0.5, 0.6) is 0 Å². The molecule has 2 aliphatic heterocycles. The lowest BCUT2D eigenvalue weighted by molar-refractivity contribution is -0.144. The number of benzene rings is 1. The minimum atomic E-state index is -0.288. The molecule has 2 atom stereocenters. The van der Waals surface area contributed by atoms with Gasteiger partial charge in [-0.3, -0.25) is 14.4 Å². The van der Waals surface area contributed by atoms with Gasteiger partial charge in [0, 0.05) is 38.2 Å². The van der Waals surface area contributed by atoms with Gasteiger partial charge in [0.05, 0.1) is 0 Å². The van der Waals surface area contributed by atoms with Crippen LogP contribution in [0.4, 0.5) is 5.69 Å². The van der Waals surface area contributed by atoms with Crippen LogP contribution >= 0.6 is 0 Å². The molecule has 4 rings (SSSR count). The first-order chi connectivity index (χ1) is 13.8. The number of piperidine rings is 1. The van der Waals surface area contributed by atoms with E-state index in [-0.39, 0.29) is 35.1 Å². The van der Waals surface area contributed by atoms with Crippen LogP contribution in [0.25, 0.3) is 0 Å². The minimum absolute atomic E-state index is 0.0142. The molecule has 1 N–H and O–H groups in total. The van der Waals surface area contributed by atoms with Crippen molar-refractivity contribution in [3.8, 4) is 0 Å². The second-order valence-corrected chi connectivity index (χ2v) is 9.18. The average molecular weight is 398 g/mol. The monoisotopic (exact) mass is 397 g/mol. The fraction of sp³-hybridized carbons (Fsp3) is 0.609. The van der Waals surface area contributed by atoms with Crippen LogP contribution in [0.1, 0.15) is 50.2 Å². The predicted molar refractivity (Wildman–Crippen MR) is 111 cm³/mol. The van der Waals surface area contributed by atoms with Crippen molar-refractivity contribution in [3.63, 3.8) is 0 Å². The molecule has 1 saturated carbocycles. The Kier molecular flexibility index (Phi) is 5.13. The summed E-state index contributed by atoms with van der Waals surface area (Å²) in [6.07, 6.45) is 4.32. The lowest BCUT2D eigenvalue weighted by Gasteiger charge is -2.36. The van der Waals surface area contributed by atoms with Crippen LogP contribution in [-0.2, 0) is 14.4 Å². The Bertz CT molecular complexity index is 822. The Labute approximate surface area is 172 Å². The van der Waals surface area contributed by atoms with Crippen molar-refractivity contribution in [2.75, 3.05) is 25.0 Å². The zero-order valence-corrected chi connectivity index (χ0v) is 17.7. The molecule has 6 heteroatoms. The fourth-order valence-electron chi connectivity index (χ4n) is 5.33. The third kappa shape index (κ3) is 3.89. The van der Waals surface area contributed by atoms with E-state index < -0.39 is 0 Å². The number of nitrogens with one attached hydrogen (secondary N) is 1. The number of carbonyl (C=O) groups is 3. The number of nitrogens with zero attached hydrogens (tertiary/aromatic N) is 2. The molecule has 2 saturated heterocycles. The van der Waals surface area contributed by atoms with Crippen molar-refractivity contribution in [3.05, 3.63) is 29.3 Å². The van der Waals surface area contributed by atoms with Crippen molar-refractivity contribution in [2.24, 2.45) is 11.3 Å². The van der Waals surface area contributed by atoms with Gasteiger partial charge >= 0.3 is 0 Å². The van der Waals surface area contributed by atoms with Crippen molar-refractivity contribution >= 4 is 23.4 Å². The van der Waals surface area contributed by atoms with E-state index in [9.17, 15) is 14.4 Å². The maximum absolute atomic E-state index is 12.9. The summed E-state index contributed by atoms with van der Waals surface area (Å²) in [5.74, 6) is 0.221. The lowest BCUT2D eigenvalue weighted by Crippen LogP contribution is -2.50. The average Bonchev–Trinajstić information content (AvgIpc) is 3.12. The summed E-state index contributed by atoms with van der Waals surface area (Å²) in [7, 11) is 0. The number of carbonyl (C=O) groups excluding carboxylic acids is 3. The highest BCUT2D eigenvalue weighted by atomic mass is 16.2. The maximum Gasteiger partial charge on any atom is 0.245 e. The summed E-state index contributed by atoms with van der Waals surface area (Å²) in [4.78, 5) is 41.1. The lowest BCUT2D eigenvalue weighted by atomic mass is 9.90. The molecule has 0 radical (unpaired) electrons. The topological polar surface area (TPSA) is 69.7 Å². The molecule has 1 aliphatic carbocycles. The van der Waals surface area contributed by atoms with Gasteiger partial charge in [0.15, 0.2) is 0 Å². The molecule has 3 aliphatic rings. The van der Waals surface area contributed by atoms with Gasteiger partial charge in [0.1, 0.15) is 6.04 Å². The molecule has 2 heterocycles. The number of hydrogen-bond donors (Lipinski definition) is 1. The SMILES string of the molecule is CC(=O)N1CCC[C@H]1C(=O)N1CCC2(CC1)CC2C(=O)Nc1cc(C)cc(C)c1. The van der Waals surface area contributed by atoms with Gasteiger partial charge in [-0.1, -0.05) is 6.07 Å². The van der Waals surface area contributed by atoms with Gasteiger partial charge in [-0.2, -0.15) is 0 Å². The van der Waals surface area contributed by atoms with Crippen LogP contribution < -0.4 is 5.32 Å². The first kappa shape index (κ1) is 19.9. The number of hydrogen-bond acceptors (Lipinski definition) is 3. The Morgan fingerprint density at radius 3 is 2.31 bits per heavy atom. The molecule has 1 spiro atoms. The quantitative estimate of drug-likeness (QED) is 0.853. The molecule has 1 aromatic carbocycles. The summed E-state index contributed by atoms with van der Waals surface area (Å²) < 4.78 is 0. The number of aryl methyl sites for hydroxylation is 2. The Hall–Kier alpha value is -2.37. The Morgan fingerprint density at radius 1 is 1.03 bits per heavy atom. The third-order valence-electron chi connectivity index (χ3n) is 7.01. The fourth-order valence-corrected chi connectivity index (χ4v) is 5.33. The second-order valence-electron chi connectivity index (χ2n) is 9.18. The molecule has 6 nitrogen and oxygen atoms in total.